The normalized spacial score (nSPS) is 12.2. The summed E-state index contributed by atoms with van der Waals surface area (Å²) in [5.74, 6) is 0. The van der Waals surface area contributed by atoms with Gasteiger partial charge in [0.15, 0.2) is 0 Å². The van der Waals surface area contributed by atoms with Gasteiger partial charge in [0.2, 0.25) is 0 Å². The van der Waals surface area contributed by atoms with Gasteiger partial charge in [-0.3, -0.25) is 0 Å². The van der Waals surface area contributed by atoms with Crippen molar-refractivity contribution in [3.63, 3.8) is 0 Å². The lowest BCUT2D eigenvalue weighted by Crippen LogP contribution is -1.91. The summed E-state index contributed by atoms with van der Waals surface area (Å²) in [5.41, 5.74) is 14.8. The molecule has 0 bridgehead atoms. The molecule has 0 fully saturated rings. The third-order valence-corrected chi connectivity index (χ3v) is 14.2. The third kappa shape index (κ3) is 5.22. The van der Waals surface area contributed by atoms with Crippen molar-refractivity contribution >= 4 is 109 Å². The molecule has 0 aliphatic carbocycles. The molecule has 0 unspecified atom stereocenters. The van der Waals surface area contributed by atoms with E-state index >= 15 is 0 Å². The Bertz CT molecular complexity index is 4460. The fourth-order valence-corrected chi connectivity index (χ4v) is 11.4. The van der Waals surface area contributed by atoms with Gasteiger partial charge >= 0.3 is 0 Å². The molecule has 12 aromatic carbocycles. The van der Waals surface area contributed by atoms with E-state index in [0.717, 1.165) is 82.5 Å². The van der Waals surface area contributed by atoms with Gasteiger partial charge in [-0.15, -0.1) is 0 Å². The highest BCUT2D eigenvalue weighted by molar-refractivity contribution is 6.27. The fourth-order valence-electron chi connectivity index (χ4n) is 11.4. The van der Waals surface area contributed by atoms with Gasteiger partial charge < -0.3 is 13.3 Å². The van der Waals surface area contributed by atoms with Crippen LogP contribution in [-0.2, 0) is 0 Å². The molecule has 3 aromatic heterocycles. The SMILES string of the molecule is c1ccc2c(c1)oc1ccc(-c3c4ccccc4c(-c4ccc5oc6cccc(-c7c8ccccc8c(-c8ccc9oc%10ccccc%10c9c8)c8ccccc78)c6c5c4)c4ccccc34)cc12. The van der Waals surface area contributed by atoms with Crippen molar-refractivity contribution < 1.29 is 13.3 Å². The van der Waals surface area contributed by atoms with Gasteiger partial charge in [0.05, 0.1) is 0 Å². The maximum absolute atomic E-state index is 6.79. The van der Waals surface area contributed by atoms with E-state index in [9.17, 15) is 0 Å². The van der Waals surface area contributed by atoms with E-state index in [1.165, 1.54) is 70.9 Å². The van der Waals surface area contributed by atoms with Gasteiger partial charge in [-0.05, 0) is 142 Å². The summed E-state index contributed by atoms with van der Waals surface area (Å²) in [6.07, 6.45) is 0. The van der Waals surface area contributed by atoms with Crippen LogP contribution < -0.4 is 0 Å². The molecule has 0 spiro atoms. The molecule has 0 aliphatic heterocycles. The van der Waals surface area contributed by atoms with E-state index < -0.39 is 0 Å². The van der Waals surface area contributed by atoms with Crippen LogP contribution in [0.25, 0.3) is 153 Å². The van der Waals surface area contributed by atoms with Crippen molar-refractivity contribution in [1.82, 2.24) is 0 Å². The average Bonchev–Trinajstić information content (AvgIpc) is 4.08. The van der Waals surface area contributed by atoms with Crippen LogP contribution in [0.2, 0.25) is 0 Å². The third-order valence-electron chi connectivity index (χ3n) is 14.2. The molecule has 15 aromatic rings. The Morgan fingerprint density at radius 1 is 0.194 bits per heavy atom. The first-order valence-corrected chi connectivity index (χ1v) is 22.9. The average molecular weight is 853 g/mol. The number of hydrogen-bond acceptors (Lipinski definition) is 3. The Labute approximate surface area is 383 Å². The van der Waals surface area contributed by atoms with Crippen LogP contribution in [0.15, 0.2) is 232 Å². The van der Waals surface area contributed by atoms with Crippen molar-refractivity contribution in [3.05, 3.63) is 218 Å². The summed E-state index contributed by atoms with van der Waals surface area (Å²) >= 11 is 0. The van der Waals surface area contributed by atoms with E-state index in [4.69, 9.17) is 13.3 Å². The molecule has 3 nitrogen and oxygen atoms in total. The summed E-state index contributed by atoms with van der Waals surface area (Å²) in [6, 6.07) is 78.7. The lowest BCUT2D eigenvalue weighted by molar-refractivity contribution is 0.668. The van der Waals surface area contributed by atoms with Crippen LogP contribution >= 0.6 is 0 Å². The topological polar surface area (TPSA) is 39.4 Å². The smallest absolute Gasteiger partial charge is 0.136 e. The van der Waals surface area contributed by atoms with Crippen LogP contribution in [0, 0.1) is 0 Å². The Balaban J connectivity index is 0.970. The number of hydrogen-bond donors (Lipinski definition) is 0. The first-order valence-electron chi connectivity index (χ1n) is 22.9. The lowest BCUT2D eigenvalue weighted by atomic mass is 9.84. The molecule has 15 rings (SSSR count). The Kier molecular flexibility index (Phi) is 7.50. The molecule has 67 heavy (non-hydrogen) atoms. The van der Waals surface area contributed by atoms with Gasteiger partial charge in [0, 0.05) is 32.3 Å². The quantitative estimate of drug-likeness (QED) is 0.166. The predicted molar refractivity (Wildman–Crippen MR) is 280 cm³/mol. The second-order valence-electron chi connectivity index (χ2n) is 17.8. The second-order valence-corrected chi connectivity index (χ2v) is 17.8. The largest absolute Gasteiger partial charge is 0.456 e. The van der Waals surface area contributed by atoms with Crippen LogP contribution in [0.5, 0.6) is 0 Å². The summed E-state index contributed by atoms with van der Waals surface area (Å²) in [7, 11) is 0. The van der Waals surface area contributed by atoms with Crippen molar-refractivity contribution in [3.8, 4) is 44.5 Å². The van der Waals surface area contributed by atoms with E-state index in [-0.39, 0.29) is 0 Å². The minimum absolute atomic E-state index is 0.864. The maximum Gasteiger partial charge on any atom is 0.136 e. The number of benzene rings is 12. The van der Waals surface area contributed by atoms with Gasteiger partial charge in [-0.1, -0.05) is 164 Å². The van der Waals surface area contributed by atoms with Crippen molar-refractivity contribution in [2.45, 2.75) is 0 Å². The van der Waals surface area contributed by atoms with E-state index in [1.807, 2.05) is 24.3 Å². The molecule has 0 N–H and O–H groups in total. The second kappa shape index (κ2) is 13.8. The van der Waals surface area contributed by atoms with Crippen LogP contribution in [0.3, 0.4) is 0 Å². The molecule has 0 atom stereocenters. The molecular formula is C64H36O3. The lowest BCUT2D eigenvalue weighted by Gasteiger charge is -2.18. The zero-order chi connectivity index (χ0) is 43.7. The first-order chi connectivity index (χ1) is 33.2. The summed E-state index contributed by atoms with van der Waals surface area (Å²) < 4.78 is 19.3. The summed E-state index contributed by atoms with van der Waals surface area (Å²) in [4.78, 5) is 0. The maximum atomic E-state index is 6.79. The molecule has 3 heteroatoms. The van der Waals surface area contributed by atoms with Crippen molar-refractivity contribution in [1.29, 1.82) is 0 Å². The number of para-hydroxylation sites is 2. The van der Waals surface area contributed by atoms with Gasteiger partial charge in [-0.2, -0.15) is 0 Å². The monoisotopic (exact) mass is 852 g/mol. The molecule has 0 saturated heterocycles. The van der Waals surface area contributed by atoms with Gasteiger partial charge in [-0.25, -0.2) is 0 Å². The minimum Gasteiger partial charge on any atom is -0.456 e. The molecule has 0 aliphatic rings. The first kappa shape index (κ1) is 36.4. The minimum atomic E-state index is 0.864. The molecule has 0 saturated carbocycles. The van der Waals surface area contributed by atoms with Crippen molar-refractivity contribution in [2.75, 3.05) is 0 Å². The van der Waals surface area contributed by atoms with Crippen LogP contribution in [0.1, 0.15) is 0 Å². The fraction of sp³-hybridized carbons (Fsp3) is 0. The Hall–Kier alpha value is -8.92. The zero-order valence-corrected chi connectivity index (χ0v) is 36.0. The Morgan fingerprint density at radius 2 is 0.493 bits per heavy atom. The highest BCUT2D eigenvalue weighted by atomic mass is 16.3. The van der Waals surface area contributed by atoms with Crippen LogP contribution in [0.4, 0.5) is 0 Å². The van der Waals surface area contributed by atoms with E-state index in [1.54, 1.807) is 0 Å². The number of rotatable bonds is 4. The molecule has 3 heterocycles. The Morgan fingerprint density at radius 3 is 0.910 bits per heavy atom. The number of furan rings is 3. The standard InChI is InChI=1S/C64H36O3/c1-3-18-44-42(16-1)60(37-28-31-56-51(34-37)40-14-9-11-25-54(40)65-56)43-17-2-4-19-45(43)62(44)39-30-33-58-53(36-39)64-50(24-13-27-59(64)67-58)63-48-22-7-5-20-46(48)61(47-21-6-8-23-49(47)63)38-29-32-57-52(35-38)41-15-10-12-26-55(41)66-57/h1-36H. The summed E-state index contributed by atoms with van der Waals surface area (Å²) in [5, 5.41) is 16.3. The molecular weight excluding hydrogens is 817 g/mol. The van der Waals surface area contributed by atoms with Gasteiger partial charge in [0.1, 0.15) is 33.5 Å². The van der Waals surface area contributed by atoms with E-state index in [0.29, 0.717) is 0 Å². The van der Waals surface area contributed by atoms with Crippen LogP contribution in [-0.4, -0.2) is 0 Å². The molecule has 310 valence electrons. The van der Waals surface area contributed by atoms with Crippen molar-refractivity contribution in [2.24, 2.45) is 0 Å². The zero-order valence-electron chi connectivity index (χ0n) is 36.0. The molecule has 0 radical (unpaired) electrons. The van der Waals surface area contributed by atoms with Gasteiger partial charge in [0.25, 0.3) is 0 Å². The van der Waals surface area contributed by atoms with E-state index in [2.05, 4.69) is 194 Å². The number of fused-ring (bicyclic) bond motifs is 13. The highest BCUT2D eigenvalue weighted by Crippen LogP contribution is 2.50. The predicted octanol–water partition coefficient (Wildman–Crippen LogP) is 18.7. The highest BCUT2D eigenvalue weighted by Gasteiger charge is 2.23. The molecule has 0 amide bonds. The summed E-state index contributed by atoms with van der Waals surface area (Å²) in [6.45, 7) is 0.